The van der Waals surface area contributed by atoms with E-state index in [2.05, 4.69) is 6.58 Å². The predicted molar refractivity (Wildman–Crippen MR) is 65.4 cm³/mol. The summed E-state index contributed by atoms with van der Waals surface area (Å²) >= 11 is 0. The van der Waals surface area contributed by atoms with Crippen LogP contribution in [0.25, 0.3) is 0 Å². The number of rotatable bonds is 8. The standard InChI is InChI=1S/C13H22O4/c1-5-8-9-10(4)11(12(14)16-6-2)13(15)17-7-3/h5,10-11H,1,6-9H2,2-4H3/t10-/m0/s1. The van der Waals surface area contributed by atoms with E-state index in [0.29, 0.717) is 6.42 Å². The van der Waals surface area contributed by atoms with E-state index in [-0.39, 0.29) is 19.1 Å². The normalized spacial score (nSPS) is 12.0. The minimum absolute atomic E-state index is 0.105. The van der Waals surface area contributed by atoms with E-state index in [1.165, 1.54) is 0 Å². The van der Waals surface area contributed by atoms with E-state index in [1.54, 1.807) is 19.9 Å². The number of carbonyl (C=O) groups is 2. The average molecular weight is 242 g/mol. The molecule has 0 bridgehead atoms. The van der Waals surface area contributed by atoms with Crippen LogP contribution in [0.15, 0.2) is 12.7 Å². The molecule has 0 aliphatic rings. The first-order chi connectivity index (χ1) is 8.08. The number of allylic oxidation sites excluding steroid dienone is 1. The van der Waals surface area contributed by atoms with Gasteiger partial charge in [-0.3, -0.25) is 9.59 Å². The van der Waals surface area contributed by atoms with Gasteiger partial charge in [0.25, 0.3) is 0 Å². The third-order valence-electron chi connectivity index (χ3n) is 2.48. The Bertz CT molecular complexity index is 242. The molecule has 0 saturated heterocycles. The van der Waals surface area contributed by atoms with Crippen LogP contribution >= 0.6 is 0 Å². The zero-order valence-corrected chi connectivity index (χ0v) is 10.9. The Morgan fingerprint density at radius 2 is 1.65 bits per heavy atom. The van der Waals surface area contributed by atoms with Crippen LogP contribution in [0.1, 0.15) is 33.6 Å². The number of hydrogen-bond donors (Lipinski definition) is 0. The van der Waals surface area contributed by atoms with Gasteiger partial charge in [-0.2, -0.15) is 0 Å². The van der Waals surface area contributed by atoms with Crippen molar-refractivity contribution in [2.75, 3.05) is 13.2 Å². The summed E-state index contributed by atoms with van der Waals surface area (Å²) in [6.07, 6.45) is 3.24. The Labute approximate surface area is 103 Å². The summed E-state index contributed by atoms with van der Waals surface area (Å²) in [5.41, 5.74) is 0. The van der Waals surface area contributed by atoms with Gasteiger partial charge in [-0.1, -0.05) is 13.0 Å². The van der Waals surface area contributed by atoms with Crippen LogP contribution in [0.5, 0.6) is 0 Å². The van der Waals surface area contributed by atoms with Crippen LogP contribution in [-0.4, -0.2) is 25.2 Å². The number of esters is 2. The van der Waals surface area contributed by atoms with Crippen LogP contribution in [0.4, 0.5) is 0 Å². The molecule has 0 spiro atoms. The summed E-state index contributed by atoms with van der Waals surface area (Å²) in [5.74, 6) is -1.93. The highest BCUT2D eigenvalue weighted by atomic mass is 16.6. The highest BCUT2D eigenvalue weighted by Crippen LogP contribution is 2.20. The first kappa shape index (κ1) is 15.7. The third kappa shape index (κ3) is 5.52. The fourth-order valence-corrected chi connectivity index (χ4v) is 1.57. The Morgan fingerprint density at radius 1 is 1.18 bits per heavy atom. The molecular weight excluding hydrogens is 220 g/mol. The number of ether oxygens (including phenoxy) is 2. The first-order valence-electron chi connectivity index (χ1n) is 6.02. The maximum Gasteiger partial charge on any atom is 0.320 e. The molecule has 0 aromatic heterocycles. The van der Waals surface area contributed by atoms with E-state index < -0.39 is 17.9 Å². The Kier molecular flexibility index (Phi) is 8.11. The smallest absolute Gasteiger partial charge is 0.320 e. The molecular formula is C13H22O4. The zero-order chi connectivity index (χ0) is 13.3. The van der Waals surface area contributed by atoms with E-state index in [1.807, 2.05) is 6.92 Å². The summed E-state index contributed by atoms with van der Waals surface area (Å²) in [6, 6.07) is 0. The van der Waals surface area contributed by atoms with Crippen molar-refractivity contribution >= 4 is 11.9 Å². The minimum atomic E-state index is -0.824. The fraction of sp³-hybridized carbons (Fsp3) is 0.692. The molecule has 0 radical (unpaired) electrons. The second-order valence-electron chi connectivity index (χ2n) is 3.83. The van der Waals surface area contributed by atoms with Crippen LogP contribution in [-0.2, 0) is 19.1 Å². The predicted octanol–water partition coefficient (Wildman–Crippen LogP) is 2.33. The van der Waals surface area contributed by atoms with Gasteiger partial charge < -0.3 is 9.47 Å². The van der Waals surface area contributed by atoms with Crippen molar-refractivity contribution in [1.82, 2.24) is 0 Å². The molecule has 98 valence electrons. The van der Waals surface area contributed by atoms with Gasteiger partial charge in [0.2, 0.25) is 0 Å². The maximum atomic E-state index is 11.7. The zero-order valence-electron chi connectivity index (χ0n) is 10.9. The van der Waals surface area contributed by atoms with E-state index in [4.69, 9.17) is 9.47 Å². The monoisotopic (exact) mass is 242 g/mol. The van der Waals surface area contributed by atoms with E-state index in [0.717, 1.165) is 6.42 Å². The molecule has 0 fully saturated rings. The van der Waals surface area contributed by atoms with Gasteiger partial charge in [0, 0.05) is 0 Å². The van der Waals surface area contributed by atoms with E-state index in [9.17, 15) is 9.59 Å². The van der Waals surface area contributed by atoms with E-state index >= 15 is 0 Å². The van der Waals surface area contributed by atoms with Crippen LogP contribution in [0, 0.1) is 11.8 Å². The number of carbonyl (C=O) groups excluding carboxylic acids is 2. The van der Waals surface area contributed by atoms with Crippen LogP contribution in [0.2, 0.25) is 0 Å². The highest BCUT2D eigenvalue weighted by molar-refractivity contribution is 5.95. The number of hydrogen-bond acceptors (Lipinski definition) is 4. The average Bonchev–Trinajstić information content (AvgIpc) is 2.27. The summed E-state index contributed by atoms with van der Waals surface area (Å²) < 4.78 is 9.81. The van der Waals surface area contributed by atoms with Crippen molar-refractivity contribution < 1.29 is 19.1 Å². The second kappa shape index (κ2) is 8.79. The Hall–Kier alpha value is -1.32. The van der Waals surface area contributed by atoms with Crippen LogP contribution < -0.4 is 0 Å². The minimum Gasteiger partial charge on any atom is -0.465 e. The summed E-state index contributed by atoms with van der Waals surface area (Å²) in [4.78, 5) is 23.4. The van der Waals surface area contributed by atoms with Gasteiger partial charge in [0.15, 0.2) is 5.92 Å². The van der Waals surface area contributed by atoms with Gasteiger partial charge in [0.05, 0.1) is 13.2 Å². The first-order valence-corrected chi connectivity index (χ1v) is 6.02. The molecule has 0 amide bonds. The fourth-order valence-electron chi connectivity index (χ4n) is 1.57. The third-order valence-corrected chi connectivity index (χ3v) is 2.48. The molecule has 17 heavy (non-hydrogen) atoms. The molecule has 4 nitrogen and oxygen atoms in total. The van der Waals surface area contributed by atoms with Crippen molar-refractivity contribution in [3.63, 3.8) is 0 Å². The van der Waals surface area contributed by atoms with Crippen molar-refractivity contribution in [1.29, 1.82) is 0 Å². The lowest BCUT2D eigenvalue weighted by atomic mass is 9.90. The summed E-state index contributed by atoms with van der Waals surface area (Å²) in [5, 5.41) is 0. The molecule has 0 aliphatic heterocycles. The Morgan fingerprint density at radius 3 is 2.00 bits per heavy atom. The van der Waals surface area contributed by atoms with Crippen LogP contribution in [0.3, 0.4) is 0 Å². The highest BCUT2D eigenvalue weighted by Gasteiger charge is 2.34. The molecule has 0 aromatic rings. The summed E-state index contributed by atoms with van der Waals surface area (Å²) in [6.45, 7) is 9.44. The lowest BCUT2D eigenvalue weighted by molar-refractivity contribution is -0.164. The largest absolute Gasteiger partial charge is 0.465 e. The topological polar surface area (TPSA) is 52.6 Å². The lowest BCUT2D eigenvalue weighted by Gasteiger charge is -2.20. The molecule has 0 N–H and O–H groups in total. The molecule has 0 aromatic carbocycles. The van der Waals surface area contributed by atoms with Gasteiger partial charge >= 0.3 is 11.9 Å². The lowest BCUT2D eigenvalue weighted by Crippen LogP contribution is -2.33. The second-order valence-corrected chi connectivity index (χ2v) is 3.83. The molecule has 4 heteroatoms. The molecule has 0 saturated carbocycles. The van der Waals surface area contributed by atoms with Crippen molar-refractivity contribution in [3.8, 4) is 0 Å². The van der Waals surface area contributed by atoms with Crippen molar-refractivity contribution in [3.05, 3.63) is 12.7 Å². The molecule has 0 rings (SSSR count). The maximum absolute atomic E-state index is 11.7. The van der Waals surface area contributed by atoms with Gasteiger partial charge in [0.1, 0.15) is 0 Å². The Balaban J connectivity index is 4.64. The summed E-state index contributed by atoms with van der Waals surface area (Å²) in [7, 11) is 0. The van der Waals surface area contributed by atoms with Crippen molar-refractivity contribution in [2.24, 2.45) is 11.8 Å². The molecule has 1 atom stereocenters. The molecule has 0 aliphatic carbocycles. The quantitative estimate of drug-likeness (QED) is 0.372. The van der Waals surface area contributed by atoms with Crippen molar-refractivity contribution in [2.45, 2.75) is 33.6 Å². The van der Waals surface area contributed by atoms with Gasteiger partial charge in [-0.25, -0.2) is 0 Å². The van der Waals surface area contributed by atoms with Gasteiger partial charge in [-0.15, -0.1) is 6.58 Å². The molecule has 0 heterocycles. The molecule has 0 unspecified atom stereocenters. The SMILES string of the molecule is C=CCC[C@H](C)C(C(=O)OCC)C(=O)OCC. The van der Waals surface area contributed by atoms with Gasteiger partial charge in [-0.05, 0) is 32.6 Å².